The highest BCUT2D eigenvalue weighted by Crippen LogP contribution is 2.33. The first-order valence-corrected chi connectivity index (χ1v) is 11.4. The van der Waals surface area contributed by atoms with Crippen LogP contribution in [0.1, 0.15) is 24.1 Å². The standard InChI is InChI=1S/C24H25FN2O4S/c1-17-9-14-23(31-3)22(15-17)27(32(29,30)21-7-5-4-6-8-21)16-24(28)26-18(2)19-10-12-20(25)13-11-19/h4-15,18H,16H2,1-3H3,(H,26,28)/t18-/m0/s1. The highest BCUT2D eigenvalue weighted by molar-refractivity contribution is 7.92. The maximum atomic E-state index is 13.5. The van der Waals surface area contributed by atoms with Crippen LogP contribution in [-0.2, 0) is 14.8 Å². The number of nitrogens with zero attached hydrogens (tertiary/aromatic N) is 1. The van der Waals surface area contributed by atoms with E-state index < -0.39 is 28.5 Å². The molecule has 32 heavy (non-hydrogen) atoms. The Labute approximate surface area is 187 Å². The van der Waals surface area contributed by atoms with Crippen molar-refractivity contribution >= 4 is 21.6 Å². The van der Waals surface area contributed by atoms with E-state index in [1.165, 1.54) is 31.4 Å². The normalized spacial score (nSPS) is 12.1. The molecular formula is C24H25FN2O4S. The number of sulfonamides is 1. The van der Waals surface area contributed by atoms with Crippen molar-refractivity contribution in [3.63, 3.8) is 0 Å². The molecule has 0 bridgehead atoms. The van der Waals surface area contributed by atoms with Gasteiger partial charge >= 0.3 is 0 Å². The van der Waals surface area contributed by atoms with Crippen LogP contribution in [0.4, 0.5) is 10.1 Å². The Hall–Kier alpha value is -3.39. The van der Waals surface area contributed by atoms with Gasteiger partial charge in [-0.1, -0.05) is 36.4 Å². The maximum absolute atomic E-state index is 13.5. The number of aryl methyl sites for hydroxylation is 1. The Morgan fingerprint density at radius 2 is 1.72 bits per heavy atom. The van der Waals surface area contributed by atoms with E-state index in [1.807, 2.05) is 6.92 Å². The van der Waals surface area contributed by atoms with Crippen LogP contribution in [0.3, 0.4) is 0 Å². The minimum atomic E-state index is -4.06. The van der Waals surface area contributed by atoms with Gasteiger partial charge in [-0.2, -0.15) is 0 Å². The number of rotatable bonds is 8. The zero-order chi connectivity index (χ0) is 23.3. The van der Waals surface area contributed by atoms with E-state index in [0.29, 0.717) is 11.3 Å². The molecule has 0 aliphatic rings. The van der Waals surface area contributed by atoms with Gasteiger partial charge in [0.05, 0.1) is 23.7 Å². The van der Waals surface area contributed by atoms with Gasteiger partial charge in [0.25, 0.3) is 10.0 Å². The van der Waals surface area contributed by atoms with E-state index in [0.717, 1.165) is 9.87 Å². The molecular weight excluding hydrogens is 431 g/mol. The van der Waals surface area contributed by atoms with Crippen molar-refractivity contribution in [2.75, 3.05) is 18.0 Å². The van der Waals surface area contributed by atoms with Crippen LogP contribution in [0.5, 0.6) is 5.75 Å². The molecule has 0 fully saturated rings. The van der Waals surface area contributed by atoms with Crippen molar-refractivity contribution < 1.29 is 22.3 Å². The first kappa shape index (κ1) is 23.3. The largest absolute Gasteiger partial charge is 0.495 e. The third kappa shape index (κ3) is 5.26. The van der Waals surface area contributed by atoms with E-state index in [1.54, 1.807) is 55.5 Å². The maximum Gasteiger partial charge on any atom is 0.264 e. The number of methoxy groups -OCH3 is 1. The smallest absolute Gasteiger partial charge is 0.264 e. The second-order valence-electron chi connectivity index (χ2n) is 7.34. The predicted octanol–water partition coefficient (Wildman–Crippen LogP) is 4.22. The molecule has 0 aliphatic carbocycles. The van der Waals surface area contributed by atoms with Crippen molar-refractivity contribution in [1.29, 1.82) is 0 Å². The molecule has 0 radical (unpaired) electrons. The number of amides is 1. The second-order valence-corrected chi connectivity index (χ2v) is 9.20. The van der Waals surface area contributed by atoms with Gasteiger partial charge in [-0.15, -0.1) is 0 Å². The zero-order valence-electron chi connectivity index (χ0n) is 18.1. The molecule has 1 atom stereocenters. The summed E-state index contributed by atoms with van der Waals surface area (Å²) in [7, 11) is -2.62. The SMILES string of the molecule is COc1ccc(C)cc1N(CC(=O)N[C@@H](C)c1ccc(F)cc1)S(=O)(=O)c1ccccc1. The van der Waals surface area contributed by atoms with Gasteiger partial charge in [-0.3, -0.25) is 9.10 Å². The number of hydrogen-bond acceptors (Lipinski definition) is 4. The Balaban J connectivity index is 1.95. The number of carbonyl (C=O) groups is 1. The highest BCUT2D eigenvalue weighted by atomic mass is 32.2. The van der Waals surface area contributed by atoms with E-state index in [2.05, 4.69) is 5.32 Å². The Kier molecular flexibility index (Phi) is 7.15. The molecule has 3 aromatic carbocycles. The fourth-order valence-corrected chi connectivity index (χ4v) is 4.71. The summed E-state index contributed by atoms with van der Waals surface area (Å²) >= 11 is 0. The molecule has 1 amide bonds. The fourth-order valence-electron chi connectivity index (χ4n) is 3.27. The quantitative estimate of drug-likeness (QED) is 0.551. The average molecular weight is 457 g/mol. The zero-order valence-corrected chi connectivity index (χ0v) is 18.9. The summed E-state index contributed by atoms with van der Waals surface area (Å²) < 4.78 is 46.6. The number of ether oxygens (including phenoxy) is 1. The lowest BCUT2D eigenvalue weighted by molar-refractivity contribution is -0.120. The average Bonchev–Trinajstić information content (AvgIpc) is 2.78. The molecule has 0 spiro atoms. The fraction of sp³-hybridized carbons (Fsp3) is 0.208. The summed E-state index contributed by atoms with van der Waals surface area (Å²) in [4.78, 5) is 13.0. The highest BCUT2D eigenvalue weighted by Gasteiger charge is 2.30. The third-order valence-electron chi connectivity index (χ3n) is 4.97. The van der Waals surface area contributed by atoms with Gasteiger partial charge in [0.2, 0.25) is 5.91 Å². The molecule has 1 N–H and O–H groups in total. The Bertz CT molecular complexity index is 1180. The Morgan fingerprint density at radius 3 is 2.34 bits per heavy atom. The van der Waals surface area contributed by atoms with E-state index in [9.17, 15) is 17.6 Å². The van der Waals surface area contributed by atoms with Gasteiger partial charge in [0.1, 0.15) is 18.1 Å². The van der Waals surface area contributed by atoms with Crippen molar-refractivity contribution in [2.24, 2.45) is 0 Å². The van der Waals surface area contributed by atoms with Crippen LogP contribution in [-0.4, -0.2) is 28.0 Å². The number of benzene rings is 3. The predicted molar refractivity (Wildman–Crippen MR) is 122 cm³/mol. The Morgan fingerprint density at radius 1 is 1.06 bits per heavy atom. The molecule has 0 heterocycles. The van der Waals surface area contributed by atoms with Crippen LogP contribution in [0.25, 0.3) is 0 Å². The molecule has 0 saturated carbocycles. The van der Waals surface area contributed by atoms with Crippen LogP contribution in [0.2, 0.25) is 0 Å². The van der Waals surface area contributed by atoms with Gasteiger partial charge in [-0.25, -0.2) is 12.8 Å². The summed E-state index contributed by atoms with van der Waals surface area (Å²) in [5, 5.41) is 2.78. The summed E-state index contributed by atoms with van der Waals surface area (Å²) in [6, 6.07) is 18.3. The van der Waals surface area contributed by atoms with E-state index >= 15 is 0 Å². The molecule has 0 aliphatic heterocycles. The molecule has 6 nitrogen and oxygen atoms in total. The topological polar surface area (TPSA) is 75.7 Å². The van der Waals surface area contributed by atoms with Crippen molar-refractivity contribution in [3.05, 3.63) is 89.7 Å². The number of halogens is 1. The third-order valence-corrected chi connectivity index (χ3v) is 6.74. The lowest BCUT2D eigenvalue weighted by Gasteiger charge is -2.26. The van der Waals surface area contributed by atoms with Crippen LogP contribution >= 0.6 is 0 Å². The first-order chi connectivity index (χ1) is 15.2. The molecule has 0 aromatic heterocycles. The molecule has 3 aromatic rings. The molecule has 3 rings (SSSR count). The van der Waals surface area contributed by atoms with E-state index in [4.69, 9.17) is 4.74 Å². The molecule has 168 valence electrons. The van der Waals surface area contributed by atoms with Crippen molar-refractivity contribution in [3.8, 4) is 5.75 Å². The second kappa shape index (κ2) is 9.82. The first-order valence-electron chi connectivity index (χ1n) is 9.99. The summed E-state index contributed by atoms with van der Waals surface area (Å²) in [5.74, 6) is -0.557. The number of hydrogen-bond donors (Lipinski definition) is 1. The minimum Gasteiger partial charge on any atom is -0.495 e. The van der Waals surface area contributed by atoms with Crippen LogP contribution < -0.4 is 14.4 Å². The minimum absolute atomic E-state index is 0.0583. The van der Waals surface area contributed by atoms with Gasteiger partial charge in [0.15, 0.2) is 0 Å². The van der Waals surface area contributed by atoms with Crippen molar-refractivity contribution in [1.82, 2.24) is 5.32 Å². The summed E-state index contributed by atoms with van der Waals surface area (Å²) in [5.41, 5.74) is 1.78. The van der Waals surface area contributed by atoms with Crippen LogP contribution in [0.15, 0.2) is 77.7 Å². The van der Waals surface area contributed by atoms with Gasteiger partial charge in [0, 0.05) is 0 Å². The van der Waals surface area contributed by atoms with Crippen molar-refractivity contribution in [2.45, 2.75) is 24.8 Å². The summed E-state index contributed by atoms with van der Waals surface area (Å²) in [6.07, 6.45) is 0. The lowest BCUT2D eigenvalue weighted by atomic mass is 10.1. The number of carbonyl (C=O) groups excluding carboxylic acids is 1. The number of nitrogens with one attached hydrogen (secondary N) is 1. The summed E-state index contributed by atoms with van der Waals surface area (Å²) in [6.45, 7) is 3.12. The molecule has 0 unspecified atom stereocenters. The van der Waals surface area contributed by atoms with Crippen LogP contribution in [0, 0.1) is 12.7 Å². The lowest BCUT2D eigenvalue weighted by Crippen LogP contribution is -2.41. The molecule has 0 saturated heterocycles. The molecule has 8 heteroatoms. The van der Waals surface area contributed by atoms with E-state index in [-0.39, 0.29) is 16.4 Å². The van der Waals surface area contributed by atoms with Gasteiger partial charge < -0.3 is 10.1 Å². The van der Waals surface area contributed by atoms with Gasteiger partial charge in [-0.05, 0) is 61.4 Å². The monoisotopic (exact) mass is 456 g/mol. The number of anilines is 1.